The van der Waals surface area contributed by atoms with Crippen molar-refractivity contribution in [1.82, 2.24) is 0 Å². The van der Waals surface area contributed by atoms with E-state index in [2.05, 4.69) is 21.2 Å². The van der Waals surface area contributed by atoms with Gasteiger partial charge in [-0.05, 0) is 58.7 Å². The van der Waals surface area contributed by atoms with Gasteiger partial charge in [-0.15, -0.1) is 0 Å². The molecule has 0 saturated heterocycles. The van der Waals surface area contributed by atoms with Crippen LogP contribution < -0.4 is 5.32 Å². The quantitative estimate of drug-likeness (QED) is 0.698. The third-order valence-electron chi connectivity index (χ3n) is 2.75. The van der Waals surface area contributed by atoms with Crippen molar-refractivity contribution in [2.24, 2.45) is 0 Å². The van der Waals surface area contributed by atoms with Gasteiger partial charge in [0.1, 0.15) is 5.82 Å². The molecule has 0 radical (unpaired) electrons. The third kappa shape index (κ3) is 3.62. The minimum atomic E-state index is -0.284. The molecule has 1 nitrogen and oxygen atoms in total. The fraction of sp³-hybridized carbons (Fsp3) is 0.143. The number of hydrogen-bond acceptors (Lipinski definition) is 1. The monoisotopic (exact) mass is 361 g/mol. The van der Waals surface area contributed by atoms with Crippen LogP contribution in [0.3, 0.4) is 0 Å². The Kier molecular flexibility index (Phi) is 4.71. The summed E-state index contributed by atoms with van der Waals surface area (Å²) in [7, 11) is 0. The van der Waals surface area contributed by atoms with Gasteiger partial charge in [0.15, 0.2) is 0 Å². The molecule has 0 bridgehead atoms. The molecule has 0 aliphatic carbocycles. The maximum Gasteiger partial charge on any atom is 0.137 e. The van der Waals surface area contributed by atoms with Gasteiger partial charge in [-0.2, -0.15) is 0 Å². The zero-order valence-electron chi connectivity index (χ0n) is 10.1. The van der Waals surface area contributed by atoms with Gasteiger partial charge >= 0.3 is 0 Å². The highest BCUT2D eigenvalue weighted by atomic mass is 79.9. The summed E-state index contributed by atoms with van der Waals surface area (Å²) in [5, 5.41) is 4.33. The minimum Gasteiger partial charge on any atom is -0.378 e. The van der Waals surface area contributed by atoms with Gasteiger partial charge < -0.3 is 5.32 Å². The van der Waals surface area contributed by atoms with Crippen molar-refractivity contribution < 1.29 is 4.39 Å². The van der Waals surface area contributed by atoms with E-state index < -0.39 is 0 Å². The van der Waals surface area contributed by atoms with Crippen LogP contribution in [-0.4, -0.2) is 0 Å². The first kappa shape index (κ1) is 14.6. The lowest BCUT2D eigenvalue weighted by molar-refractivity contribution is 0.621. The Labute approximate surface area is 129 Å². The summed E-state index contributed by atoms with van der Waals surface area (Å²) < 4.78 is 13.6. The van der Waals surface area contributed by atoms with Crippen molar-refractivity contribution in [3.8, 4) is 0 Å². The van der Waals surface area contributed by atoms with Crippen molar-refractivity contribution in [2.75, 3.05) is 5.32 Å². The predicted octanol–water partition coefficient (Wildman–Crippen LogP) is 6.07. The van der Waals surface area contributed by atoms with E-state index in [4.69, 9.17) is 23.2 Å². The summed E-state index contributed by atoms with van der Waals surface area (Å²) in [6.07, 6.45) is 0. The Morgan fingerprint density at radius 2 is 1.84 bits per heavy atom. The summed E-state index contributed by atoms with van der Waals surface area (Å²) in [6, 6.07) is 10.3. The topological polar surface area (TPSA) is 12.0 Å². The molecule has 0 fully saturated rings. The molecular formula is C14H11BrCl2FN. The number of halogens is 4. The molecule has 0 heterocycles. The van der Waals surface area contributed by atoms with E-state index in [1.165, 1.54) is 6.07 Å². The van der Waals surface area contributed by atoms with Gasteiger partial charge in [-0.1, -0.05) is 29.3 Å². The van der Waals surface area contributed by atoms with E-state index in [9.17, 15) is 4.39 Å². The Bertz CT molecular complexity index is 604. The summed E-state index contributed by atoms with van der Waals surface area (Å²) in [4.78, 5) is 0. The van der Waals surface area contributed by atoms with E-state index in [1.807, 2.05) is 19.1 Å². The van der Waals surface area contributed by atoms with Crippen molar-refractivity contribution >= 4 is 44.8 Å². The first-order valence-corrected chi connectivity index (χ1v) is 7.19. The van der Waals surface area contributed by atoms with Crippen LogP contribution in [0.4, 0.5) is 10.1 Å². The van der Waals surface area contributed by atoms with Crippen LogP contribution in [0, 0.1) is 5.82 Å². The average Bonchev–Trinajstić information content (AvgIpc) is 2.37. The second-order valence-electron chi connectivity index (χ2n) is 4.17. The van der Waals surface area contributed by atoms with E-state index >= 15 is 0 Å². The summed E-state index contributed by atoms with van der Waals surface area (Å²) >= 11 is 15.0. The lowest BCUT2D eigenvalue weighted by Gasteiger charge is -2.16. The van der Waals surface area contributed by atoms with Crippen molar-refractivity contribution in [1.29, 1.82) is 0 Å². The predicted molar refractivity (Wildman–Crippen MR) is 82.6 cm³/mol. The SMILES string of the molecule is CC(Nc1ccc(F)c(Br)c1)c1ccc(Cl)c(Cl)c1. The molecule has 0 spiro atoms. The second kappa shape index (κ2) is 6.12. The first-order chi connectivity index (χ1) is 8.97. The minimum absolute atomic E-state index is 0.0344. The van der Waals surface area contributed by atoms with Gasteiger partial charge in [-0.25, -0.2) is 4.39 Å². The summed E-state index contributed by atoms with van der Waals surface area (Å²) in [6.45, 7) is 2.00. The highest BCUT2D eigenvalue weighted by Crippen LogP contribution is 2.28. The molecule has 1 N–H and O–H groups in total. The van der Waals surface area contributed by atoms with Crippen molar-refractivity contribution in [3.05, 3.63) is 62.3 Å². The second-order valence-corrected chi connectivity index (χ2v) is 5.84. The van der Waals surface area contributed by atoms with Crippen LogP contribution in [0.25, 0.3) is 0 Å². The summed E-state index contributed by atoms with van der Waals surface area (Å²) in [5.41, 5.74) is 1.83. The van der Waals surface area contributed by atoms with E-state index in [1.54, 1.807) is 18.2 Å². The molecule has 2 aromatic rings. The number of benzene rings is 2. The molecule has 100 valence electrons. The lowest BCUT2D eigenvalue weighted by atomic mass is 10.1. The molecule has 19 heavy (non-hydrogen) atoms. The Hall–Kier alpha value is -0.770. The van der Waals surface area contributed by atoms with Gasteiger partial charge in [0.05, 0.1) is 14.5 Å². The average molecular weight is 363 g/mol. The first-order valence-electron chi connectivity index (χ1n) is 5.64. The highest BCUT2D eigenvalue weighted by Gasteiger charge is 2.08. The van der Waals surface area contributed by atoms with Crippen LogP contribution in [0.15, 0.2) is 40.9 Å². The maximum absolute atomic E-state index is 13.1. The van der Waals surface area contributed by atoms with Gasteiger partial charge in [0.25, 0.3) is 0 Å². The number of hydrogen-bond donors (Lipinski definition) is 1. The molecule has 2 aromatic carbocycles. The van der Waals surface area contributed by atoms with E-state index in [-0.39, 0.29) is 11.9 Å². The van der Waals surface area contributed by atoms with Crippen LogP contribution >= 0.6 is 39.1 Å². The molecule has 1 unspecified atom stereocenters. The Morgan fingerprint density at radius 3 is 2.47 bits per heavy atom. The zero-order valence-corrected chi connectivity index (χ0v) is 13.2. The molecule has 0 aliphatic heterocycles. The normalized spacial score (nSPS) is 12.3. The fourth-order valence-corrected chi connectivity index (χ4v) is 2.39. The molecule has 2 rings (SSSR count). The molecule has 0 aliphatic rings. The number of rotatable bonds is 3. The highest BCUT2D eigenvalue weighted by molar-refractivity contribution is 9.10. The third-order valence-corrected chi connectivity index (χ3v) is 4.09. The molecule has 0 saturated carbocycles. The Balaban J connectivity index is 2.17. The van der Waals surface area contributed by atoms with Crippen LogP contribution in [0.5, 0.6) is 0 Å². The van der Waals surface area contributed by atoms with Crippen LogP contribution in [0.2, 0.25) is 10.0 Å². The standard InChI is InChI=1S/C14H11BrCl2FN/c1-8(9-2-4-12(16)13(17)6-9)19-10-3-5-14(18)11(15)7-10/h2-8,19H,1H3. The van der Waals surface area contributed by atoms with Gasteiger partial charge in [-0.3, -0.25) is 0 Å². The zero-order chi connectivity index (χ0) is 14.0. The molecular weight excluding hydrogens is 352 g/mol. The number of nitrogens with one attached hydrogen (secondary N) is 1. The van der Waals surface area contributed by atoms with Gasteiger partial charge in [0.2, 0.25) is 0 Å². The fourth-order valence-electron chi connectivity index (χ4n) is 1.70. The van der Waals surface area contributed by atoms with E-state index in [0.717, 1.165) is 11.3 Å². The van der Waals surface area contributed by atoms with Crippen LogP contribution in [-0.2, 0) is 0 Å². The van der Waals surface area contributed by atoms with Gasteiger partial charge in [0, 0.05) is 11.7 Å². The molecule has 5 heteroatoms. The van der Waals surface area contributed by atoms with Crippen molar-refractivity contribution in [3.63, 3.8) is 0 Å². The molecule has 1 atom stereocenters. The number of anilines is 1. The molecule has 0 aromatic heterocycles. The summed E-state index contributed by atoms with van der Waals surface area (Å²) in [5.74, 6) is -0.284. The maximum atomic E-state index is 13.1. The smallest absolute Gasteiger partial charge is 0.137 e. The van der Waals surface area contributed by atoms with Crippen molar-refractivity contribution in [2.45, 2.75) is 13.0 Å². The van der Waals surface area contributed by atoms with E-state index in [0.29, 0.717) is 14.5 Å². The van der Waals surface area contributed by atoms with Crippen LogP contribution in [0.1, 0.15) is 18.5 Å². The Morgan fingerprint density at radius 1 is 1.11 bits per heavy atom. The largest absolute Gasteiger partial charge is 0.378 e. The lowest BCUT2D eigenvalue weighted by Crippen LogP contribution is -2.06. The molecule has 0 amide bonds.